The average molecular weight is 444 g/mol. The number of pyridine rings is 1. The fourth-order valence-electron chi connectivity index (χ4n) is 3.62. The molecule has 7 nitrogen and oxygen atoms in total. The molecule has 0 radical (unpaired) electrons. The van der Waals surface area contributed by atoms with Crippen molar-refractivity contribution in [3.8, 4) is 0 Å². The van der Waals surface area contributed by atoms with Gasteiger partial charge in [-0.25, -0.2) is 9.29 Å². The standard InChI is InChI=1S/C19H23F3N4O3S/c1-3-26-16(18(27)24-17-9-8-14(11-23-17)19(20,21)22)10-15(25-30(26,28)29)13-6-4-12(2)5-7-13/h8-13H,3-7H2,1-2H3,(H,23,24,27). The molecule has 1 aliphatic carbocycles. The number of halogens is 3. The molecule has 1 fully saturated rings. The molecule has 1 saturated carbocycles. The highest BCUT2D eigenvalue weighted by Gasteiger charge is 2.35. The van der Waals surface area contributed by atoms with Crippen LogP contribution in [0.15, 0.2) is 34.5 Å². The summed E-state index contributed by atoms with van der Waals surface area (Å²) in [5.41, 5.74) is -0.726. The Hall–Kier alpha value is -2.43. The van der Waals surface area contributed by atoms with Gasteiger partial charge in [0, 0.05) is 18.7 Å². The molecule has 1 amide bonds. The number of allylic oxidation sites excluding steroid dienone is 1. The second kappa shape index (κ2) is 8.37. The number of hydrogen-bond acceptors (Lipinski definition) is 4. The number of nitrogens with one attached hydrogen (secondary N) is 1. The van der Waals surface area contributed by atoms with E-state index in [9.17, 15) is 26.4 Å². The van der Waals surface area contributed by atoms with E-state index in [2.05, 4.69) is 21.6 Å². The molecule has 0 aromatic carbocycles. The van der Waals surface area contributed by atoms with Crippen molar-refractivity contribution in [1.82, 2.24) is 9.29 Å². The largest absolute Gasteiger partial charge is 0.417 e. The van der Waals surface area contributed by atoms with Gasteiger partial charge < -0.3 is 5.32 Å². The molecular weight excluding hydrogens is 421 g/mol. The van der Waals surface area contributed by atoms with E-state index in [1.165, 1.54) is 6.08 Å². The van der Waals surface area contributed by atoms with Crippen molar-refractivity contribution in [2.24, 2.45) is 16.2 Å². The molecule has 164 valence electrons. The van der Waals surface area contributed by atoms with Crippen LogP contribution in [-0.4, -0.2) is 35.9 Å². The van der Waals surface area contributed by atoms with E-state index in [1.54, 1.807) is 6.92 Å². The van der Waals surface area contributed by atoms with Crippen molar-refractivity contribution in [1.29, 1.82) is 0 Å². The number of carbonyl (C=O) groups is 1. The minimum Gasteiger partial charge on any atom is -0.305 e. The van der Waals surface area contributed by atoms with E-state index in [-0.39, 0.29) is 24.0 Å². The fourth-order valence-corrected chi connectivity index (χ4v) is 4.90. The van der Waals surface area contributed by atoms with Gasteiger partial charge in [-0.2, -0.15) is 21.6 Å². The van der Waals surface area contributed by atoms with Crippen molar-refractivity contribution in [3.63, 3.8) is 0 Å². The van der Waals surface area contributed by atoms with Gasteiger partial charge in [-0.1, -0.05) is 19.8 Å². The van der Waals surface area contributed by atoms with E-state index < -0.39 is 27.9 Å². The average Bonchev–Trinajstić information content (AvgIpc) is 2.67. The Balaban J connectivity index is 1.85. The Labute approximate surface area is 173 Å². The molecule has 0 saturated heterocycles. The summed E-state index contributed by atoms with van der Waals surface area (Å²) in [5.74, 6) is -0.379. The van der Waals surface area contributed by atoms with Gasteiger partial charge >= 0.3 is 16.4 Å². The Kier molecular flexibility index (Phi) is 6.21. The predicted octanol–water partition coefficient (Wildman–Crippen LogP) is 3.77. The van der Waals surface area contributed by atoms with Gasteiger partial charge in [0.25, 0.3) is 5.91 Å². The lowest BCUT2D eigenvalue weighted by atomic mass is 9.80. The number of carbonyl (C=O) groups excluding carboxylic acids is 1. The first-order chi connectivity index (χ1) is 14.0. The number of nitrogens with zero attached hydrogens (tertiary/aromatic N) is 3. The Morgan fingerprint density at radius 1 is 1.23 bits per heavy atom. The summed E-state index contributed by atoms with van der Waals surface area (Å²) >= 11 is 0. The molecule has 1 aromatic rings. The van der Waals surface area contributed by atoms with Gasteiger partial charge in [0.15, 0.2) is 0 Å². The van der Waals surface area contributed by atoms with Crippen molar-refractivity contribution < 1.29 is 26.4 Å². The highest BCUT2D eigenvalue weighted by atomic mass is 32.2. The molecule has 0 spiro atoms. The van der Waals surface area contributed by atoms with Crippen LogP contribution in [-0.2, 0) is 21.2 Å². The van der Waals surface area contributed by atoms with Crippen LogP contribution >= 0.6 is 0 Å². The fraction of sp³-hybridized carbons (Fsp3) is 0.526. The molecule has 2 heterocycles. The van der Waals surface area contributed by atoms with Gasteiger partial charge in [0.05, 0.1) is 11.3 Å². The summed E-state index contributed by atoms with van der Waals surface area (Å²) in [6, 6.07) is 1.81. The number of rotatable bonds is 4. The van der Waals surface area contributed by atoms with Crippen molar-refractivity contribution in [2.75, 3.05) is 11.9 Å². The first kappa shape index (κ1) is 22.3. The van der Waals surface area contributed by atoms with Crippen LogP contribution in [0.3, 0.4) is 0 Å². The molecule has 0 atom stereocenters. The highest BCUT2D eigenvalue weighted by Crippen LogP contribution is 2.33. The summed E-state index contributed by atoms with van der Waals surface area (Å²) < 4.78 is 68.1. The molecule has 0 unspecified atom stereocenters. The first-order valence-electron chi connectivity index (χ1n) is 9.70. The molecular formula is C19H23F3N4O3S. The Morgan fingerprint density at radius 3 is 2.43 bits per heavy atom. The van der Waals surface area contributed by atoms with E-state index in [1.807, 2.05) is 0 Å². The second-order valence-corrected chi connectivity index (χ2v) is 9.05. The quantitative estimate of drug-likeness (QED) is 0.765. The van der Waals surface area contributed by atoms with Crippen LogP contribution in [0.5, 0.6) is 0 Å². The summed E-state index contributed by atoms with van der Waals surface area (Å²) in [4.78, 5) is 16.4. The predicted molar refractivity (Wildman–Crippen MR) is 106 cm³/mol. The highest BCUT2D eigenvalue weighted by molar-refractivity contribution is 7.88. The molecule has 1 aromatic heterocycles. The third-order valence-corrected chi connectivity index (χ3v) is 6.79. The maximum atomic E-state index is 12.8. The number of alkyl halides is 3. The Bertz CT molecular complexity index is 964. The van der Waals surface area contributed by atoms with Gasteiger partial charge in [-0.05, 0) is 43.9 Å². The SMILES string of the molecule is CCN1C(C(=O)Nc2ccc(C(F)(F)F)cn2)=CC(C2CCC(C)CC2)=NS1(=O)=O. The van der Waals surface area contributed by atoms with Gasteiger partial charge in [0.2, 0.25) is 0 Å². The molecule has 1 aliphatic heterocycles. The van der Waals surface area contributed by atoms with Crippen LogP contribution < -0.4 is 5.32 Å². The second-order valence-electron chi connectivity index (χ2n) is 7.53. The van der Waals surface area contributed by atoms with Crippen LogP contribution in [0, 0.1) is 11.8 Å². The van der Waals surface area contributed by atoms with E-state index >= 15 is 0 Å². The van der Waals surface area contributed by atoms with Crippen LogP contribution in [0.1, 0.15) is 45.1 Å². The molecule has 2 aliphatic rings. The summed E-state index contributed by atoms with van der Waals surface area (Å²) in [5, 5.41) is 2.38. The smallest absolute Gasteiger partial charge is 0.305 e. The number of hydrogen-bond donors (Lipinski definition) is 1. The van der Waals surface area contributed by atoms with Crippen molar-refractivity contribution in [3.05, 3.63) is 35.7 Å². The van der Waals surface area contributed by atoms with Crippen LogP contribution in [0.4, 0.5) is 19.0 Å². The number of anilines is 1. The third-order valence-electron chi connectivity index (χ3n) is 5.34. The molecule has 3 rings (SSSR count). The zero-order chi connectivity index (χ0) is 22.1. The van der Waals surface area contributed by atoms with Crippen LogP contribution in [0.25, 0.3) is 0 Å². The zero-order valence-corrected chi connectivity index (χ0v) is 17.4. The van der Waals surface area contributed by atoms with E-state index in [0.29, 0.717) is 17.8 Å². The van der Waals surface area contributed by atoms with Gasteiger partial charge in [-0.15, -0.1) is 4.40 Å². The molecule has 1 N–H and O–H groups in total. The topological polar surface area (TPSA) is 91.7 Å². The summed E-state index contributed by atoms with van der Waals surface area (Å²) in [7, 11) is -4.08. The Morgan fingerprint density at radius 2 is 1.90 bits per heavy atom. The maximum Gasteiger partial charge on any atom is 0.417 e. The summed E-state index contributed by atoms with van der Waals surface area (Å²) in [6.07, 6.45) is 0.996. The van der Waals surface area contributed by atoms with Crippen molar-refractivity contribution in [2.45, 2.75) is 45.7 Å². The minimum absolute atomic E-state index is 0.0134. The monoisotopic (exact) mass is 444 g/mol. The normalized spacial score (nSPS) is 24.1. The minimum atomic E-state index is -4.54. The molecule has 0 bridgehead atoms. The first-order valence-corrected chi connectivity index (χ1v) is 11.1. The summed E-state index contributed by atoms with van der Waals surface area (Å²) in [6.45, 7) is 3.69. The molecule has 30 heavy (non-hydrogen) atoms. The van der Waals surface area contributed by atoms with Crippen molar-refractivity contribution >= 4 is 27.6 Å². The van der Waals surface area contributed by atoms with E-state index in [4.69, 9.17) is 0 Å². The zero-order valence-electron chi connectivity index (χ0n) is 16.6. The van der Waals surface area contributed by atoms with Gasteiger partial charge in [-0.3, -0.25) is 4.79 Å². The lowest BCUT2D eigenvalue weighted by Gasteiger charge is -2.31. The lowest BCUT2D eigenvalue weighted by molar-refractivity contribution is -0.137. The third kappa shape index (κ3) is 4.82. The number of likely N-dealkylation sites (N-methyl/N-ethyl adjacent to an activating group) is 1. The number of amides is 1. The lowest BCUT2D eigenvalue weighted by Crippen LogP contribution is -2.39. The van der Waals surface area contributed by atoms with Gasteiger partial charge in [0.1, 0.15) is 11.5 Å². The van der Waals surface area contributed by atoms with Crippen LogP contribution in [0.2, 0.25) is 0 Å². The maximum absolute atomic E-state index is 12.8. The molecule has 11 heteroatoms. The number of aromatic nitrogens is 1. The van der Waals surface area contributed by atoms with E-state index in [0.717, 1.165) is 42.1 Å².